The van der Waals surface area contributed by atoms with Crippen LogP contribution >= 0.6 is 0 Å². The number of nitrogens with zero attached hydrogens (tertiary/aromatic N) is 6. The summed E-state index contributed by atoms with van der Waals surface area (Å²) in [6.45, 7) is 2.15. The first kappa shape index (κ1) is 17.5. The molecule has 1 aromatic carbocycles. The van der Waals surface area contributed by atoms with Gasteiger partial charge in [-0.25, -0.2) is 27.8 Å². The van der Waals surface area contributed by atoms with E-state index < -0.39 is 15.8 Å². The molecule has 0 saturated carbocycles. The number of aryl methyl sites for hydroxylation is 1. The van der Waals surface area contributed by atoms with Crippen LogP contribution in [-0.4, -0.2) is 58.4 Å². The third-order valence-electron chi connectivity index (χ3n) is 5.68. The molecule has 8 nitrogen and oxygen atoms in total. The molecule has 2 unspecified atom stereocenters. The van der Waals surface area contributed by atoms with Crippen molar-refractivity contribution in [3.8, 4) is 0 Å². The van der Waals surface area contributed by atoms with E-state index in [9.17, 15) is 12.8 Å². The summed E-state index contributed by atoms with van der Waals surface area (Å²) < 4.78 is 43.0. The van der Waals surface area contributed by atoms with Gasteiger partial charge in [0.1, 0.15) is 17.0 Å². The molecule has 0 N–H and O–H groups in total. The van der Waals surface area contributed by atoms with Gasteiger partial charge in [-0.2, -0.15) is 4.31 Å². The lowest BCUT2D eigenvalue weighted by Gasteiger charge is -2.22. The molecule has 2 saturated heterocycles. The smallest absolute Gasteiger partial charge is 0.246 e. The minimum absolute atomic E-state index is 0.176. The summed E-state index contributed by atoms with van der Waals surface area (Å²) in [6.07, 6.45) is 3.24. The van der Waals surface area contributed by atoms with E-state index >= 15 is 0 Å². The molecule has 0 spiro atoms. The Balaban J connectivity index is 1.37. The van der Waals surface area contributed by atoms with Crippen LogP contribution in [-0.2, 0) is 17.1 Å². The summed E-state index contributed by atoms with van der Waals surface area (Å²) in [6, 6.07) is 5.54. The van der Waals surface area contributed by atoms with E-state index in [4.69, 9.17) is 0 Å². The fourth-order valence-electron chi connectivity index (χ4n) is 4.28. The Morgan fingerprint density at radius 3 is 2.46 bits per heavy atom. The van der Waals surface area contributed by atoms with Crippen molar-refractivity contribution < 1.29 is 12.8 Å². The van der Waals surface area contributed by atoms with Gasteiger partial charge in [0, 0.05) is 33.2 Å². The third kappa shape index (κ3) is 2.59. The quantitative estimate of drug-likeness (QED) is 0.656. The summed E-state index contributed by atoms with van der Waals surface area (Å²) in [5, 5.41) is 0. The van der Waals surface area contributed by atoms with Crippen LogP contribution in [0.5, 0.6) is 0 Å². The van der Waals surface area contributed by atoms with Crippen molar-refractivity contribution in [3.63, 3.8) is 0 Å². The van der Waals surface area contributed by atoms with Gasteiger partial charge in [0.25, 0.3) is 0 Å². The molecule has 3 aromatic rings. The van der Waals surface area contributed by atoms with E-state index in [1.807, 2.05) is 11.6 Å². The molecule has 2 aliphatic rings. The fraction of sp³-hybridized carbons (Fsp3) is 0.389. The fourth-order valence-corrected chi connectivity index (χ4v) is 5.90. The van der Waals surface area contributed by atoms with Crippen molar-refractivity contribution in [1.29, 1.82) is 0 Å². The van der Waals surface area contributed by atoms with Crippen LogP contribution in [0.15, 0.2) is 41.8 Å². The highest BCUT2D eigenvalue weighted by Crippen LogP contribution is 2.37. The highest BCUT2D eigenvalue weighted by atomic mass is 32.2. The van der Waals surface area contributed by atoms with Crippen molar-refractivity contribution >= 4 is 27.0 Å². The van der Waals surface area contributed by atoms with E-state index in [-0.39, 0.29) is 16.7 Å². The number of anilines is 1. The Hall–Kier alpha value is -2.59. The molecule has 0 radical (unpaired) electrons. The van der Waals surface area contributed by atoms with Crippen LogP contribution in [0.2, 0.25) is 0 Å². The lowest BCUT2D eigenvalue weighted by atomic mass is 10.0. The van der Waals surface area contributed by atoms with Crippen LogP contribution in [0.3, 0.4) is 0 Å². The molecule has 5 rings (SSSR count). The Bertz CT molecular complexity index is 1150. The molecule has 28 heavy (non-hydrogen) atoms. The van der Waals surface area contributed by atoms with Crippen molar-refractivity contribution in [2.75, 3.05) is 31.1 Å². The van der Waals surface area contributed by atoms with Crippen LogP contribution in [0.25, 0.3) is 11.2 Å². The van der Waals surface area contributed by atoms with E-state index in [0.717, 1.165) is 17.0 Å². The molecule has 0 amide bonds. The second kappa shape index (κ2) is 6.21. The monoisotopic (exact) mass is 402 g/mol. The van der Waals surface area contributed by atoms with E-state index in [0.29, 0.717) is 26.2 Å². The number of fused-ring (bicyclic) bond motifs is 2. The van der Waals surface area contributed by atoms with Gasteiger partial charge >= 0.3 is 0 Å². The number of rotatable bonds is 3. The highest BCUT2D eigenvalue weighted by Gasteiger charge is 2.45. The van der Waals surface area contributed by atoms with Gasteiger partial charge in [-0.1, -0.05) is 12.1 Å². The topological polar surface area (TPSA) is 84.2 Å². The maximum absolute atomic E-state index is 14.0. The van der Waals surface area contributed by atoms with Crippen molar-refractivity contribution in [3.05, 3.63) is 42.7 Å². The summed E-state index contributed by atoms with van der Waals surface area (Å²) in [5.74, 6) is 0.425. The molecular weight excluding hydrogens is 383 g/mol. The number of hydrogen-bond acceptors (Lipinski definition) is 6. The van der Waals surface area contributed by atoms with Gasteiger partial charge in [0.2, 0.25) is 10.0 Å². The zero-order chi connectivity index (χ0) is 19.5. The lowest BCUT2D eigenvalue weighted by Crippen LogP contribution is -2.34. The number of sulfonamides is 1. The molecule has 146 valence electrons. The minimum atomic E-state index is -3.83. The maximum Gasteiger partial charge on any atom is 0.246 e. The van der Waals surface area contributed by atoms with Crippen LogP contribution in [0.4, 0.5) is 10.2 Å². The van der Waals surface area contributed by atoms with E-state index in [2.05, 4.69) is 19.9 Å². The molecule has 4 heterocycles. The molecule has 10 heteroatoms. The molecule has 2 fully saturated rings. The standard InChI is InChI=1S/C18H19FN6O2S/c1-23-11-22-16-17(23)20-10-21-18(16)24-6-12-8-25(9-13(12)7-24)28(26,27)15-5-3-2-4-14(15)19/h2-5,10-13H,6-9H2,1H3. The Morgan fingerprint density at radius 2 is 1.75 bits per heavy atom. The van der Waals surface area contributed by atoms with Gasteiger partial charge in [0.05, 0.1) is 6.33 Å². The van der Waals surface area contributed by atoms with Gasteiger partial charge in [-0.3, -0.25) is 0 Å². The average molecular weight is 402 g/mol. The van der Waals surface area contributed by atoms with Gasteiger partial charge in [-0.15, -0.1) is 0 Å². The van der Waals surface area contributed by atoms with Crippen molar-refractivity contribution in [1.82, 2.24) is 23.8 Å². The summed E-state index contributed by atoms with van der Waals surface area (Å²) in [7, 11) is -1.94. The molecule has 2 aromatic heterocycles. The molecule has 2 aliphatic heterocycles. The predicted octanol–water partition coefficient (Wildman–Crippen LogP) is 1.26. The number of halogens is 1. The first-order chi connectivity index (χ1) is 13.4. The van der Waals surface area contributed by atoms with Gasteiger partial charge in [-0.05, 0) is 24.0 Å². The number of imidazole rings is 1. The normalized spacial score (nSPS) is 22.9. The summed E-state index contributed by atoms with van der Waals surface area (Å²) in [5.41, 5.74) is 1.52. The third-order valence-corrected chi connectivity index (χ3v) is 7.55. The zero-order valence-electron chi connectivity index (χ0n) is 15.2. The molecule has 2 atom stereocenters. The van der Waals surface area contributed by atoms with E-state index in [1.165, 1.54) is 28.8 Å². The van der Waals surface area contributed by atoms with Crippen molar-refractivity contribution in [2.24, 2.45) is 18.9 Å². The Labute approximate surface area is 161 Å². The molecule has 0 bridgehead atoms. The highest BCUT2D eigenvalue weighted by molar-refractivity contribution is 7.89. The Kier molecular flexibility index (Phi) is 3.88. The number of benzene rings is 1. The largest absolute Gasteiger partial charge is 0.354 e. The number of hydrogen-bond donors (Lipinski definition) is 0. The molecular formula is C18H19FN6O2S. The lowest BCUT2D eigenvalue weighted by molar-refractivity contribution is 0.447. The predicted molar refractivity (Wildman–Crippen MR) is 101 cm³/mol. The SMILES string of the molecule is Cn1cnc2c(N3CC4CN(S(=O)(=O)c5ccccc5F)CC4C3)ncnc21. The second-order valence-electron chi connectivity index (χ2n) is 7.40. The van der Waals surface area contributed by atoms with Crippen LogP contribution in [0.1, 0.15) is 0 Å². The van der Waals surface area contributed by atoms with E-state index in [1.54, 1.807) is 12.4 Å². The average Bonchev–Trinajstić information content (AvgIpc) is 3.35. The van der Waals surface area contributed by atoms with Gasteiger partial charge < -0.3 is 9.47 Å². The summed E-state index contributed by atoms with van der Waals surface area (Å²) >= 11 is 0. The maximum atomic E-state index is 14.0. The minimum Gasteiger partial charge on any atom is -0.354 e. The summed E-state index contributed by atoms with van der Waals surface area (Å²) in [4.78, 5) is 15.0. The zero-order valence-corrected chi connectivity index (χ0v) is 16.0. The first-order valence-corrected chi connectivity index (χ1v) is 10.5. The molecule has 0 aliphatic carbocycles. The van der Waals surface area contributed by atoms with Gasteiger partial charge in [0.15, 0.2) is 17.0 Å². The van der Waals surface area contributed by atoms with Crippen LogP contribution < -0.4 is 4.90 Å². The Morgan fingerprint density at radius 1 is 1.04 bits per heavy atom. The number of aromatic nitrogens is 4. The second-order valence-corrected chi connectivity index (χ2v) is 9.31. The van der Waals surface area contributed by atoms with Crippen LogP contribution in [0, 0.1) is 17.7 Å². The first-order valence-electron chi connectivity index (χ1n) is 9.07. The van der Waals surface area contributed by atoms with Crippen molar-refractivity contribution in [2.45, 2.75) is 4.90 Å².